The van der Waals surface area contributed by atoms with Gasteiger partial charge in [0.05, 0.1) is 20.0 Å². The van der Waals surface area contributed by atoms with Gasteiger partial charge in [-0.2, -0.15) is 8.42 Å². The highest BCUT2D eigenvalue weighted by atomic mass is 32.2. The molecule has 0 atom stereocenters. The molecule has 0 fully saturated rings. The van der Waals surface area contributed by atoms with Crippen LogP contribution >= 0.6 is 11.3 Å². The summed E-state index contributed by atoms with van der Waals surface area (Å²) in [7, 11) is -2.08. The number of ether oxygens (including phenoxy) is 1. The molecule has 16 heavy (non-hydrogen) atoms. The van der Waals surface area contributed by atoms with Crippen LogP contribution in [0, 0.1) is 0 Å². The molecule has 0 radical (unpaired) electrons. The first-order chi connectivity index (χ1) is 7.42. The van der Waals surface area contributed by atoms with E-state index >= 15 is 0 Å². The SMILES string of the molecule is COC(=O)c1cc(CCOS(C)(=O)=O)cs1. The second kappa shape index (κ2) is 5.42. The number of carbonyl (C=O) groups excluding carboxylic acids is 1. The number of methoxy groups -OCH3 is 1. The van der Waals surface area contributed by atoms with E-state index < -0.39 is 10.1 Å². The third-order valence-corrected chi connectivity index (χ3v) is 3.28. The zero-order chi connectivity index (χ0) is 12.2. The van der Waals surface area contributed by atoms with Crippen molar-refractivity contribution in [3.05, 3.63) is 21.9 Å². The van der Waals surface area contributed by atoms with Crippen LogP contribution in [0.3, 0.4) is 0 Å². The fraction of sp³-hybridized carbons (Fsp3) is 0.444. The molecule has 0 unspecified atom stereocenters. The number of carbonyl (C=O) groups is 1. The molecule has 0 aliphatic heterocycles. The molecule has 90 valence electrons. The highest BCUT2D eigenvalue weighted by Crippen LogP contribution is 2.16. The van der Waals surface area contributed by atoms with Gasteiger partial charge in [0.15, 0.2) is 0 Å². The molecule has 7 heteroatoms. The number of rotatable bonds is 5. The lowest BCUT2D eigenvalue weighted by Gasteiger charge is -1.98. The second-order valence-electron chi connectivity index (χ2n) is 3.09. The molecule has 0 aromatic carbocycles. The normalized spacial score (nSPS) is 11.4. The Labute approximate surface area is 98.1 Å². The summed E-state index contributed by atoms with van der Waals surface area (Å²) in [5.41, 5.74) is 0.856. The highest BCUT2D eigenvalue weighted by Gasteiger charge is 2.09. The minimum absolute atomic E-state index is 0.0795. The summed E-state index contributed by atoms with van der Waals surface area (Å²) >= 11 is 1.26. The molecule has 0 aliphatic carbocycles. The van der Waals surface area contributed by atoms with Crippen LogP contribution in [0.1, 0.15) is 15.2 Å². The molecule has 1 aromatic heterocycles. The zero-order valence-corrected chi connectivity index (χ0v) is 10.6. The molecule has 0 bridgehead atoms. The average Bonchev–Trinajstić information content (AvgIpc) is 2.63. The molecule has 0 spiro atoms. The highest BCUT2D eigenvalue weighted by molar-refractivity contribution is 7.85. The third kappa shape index (κ3) is 4.30. The molecule has 1 aromatic rings. The van der Waals surface area contributed by atoms with Gasteiger partial charge < -0.3 is 4.74 Å². The number of thiophene rings is 1. The van der Waals surface area contributed by atoms with Crippen molar-refractivity contribution < 1.29 is 22.1 Å². The Kier molecular flexibility index (Phi) is 4.45. The summed E-state index contributed by atoms with van der Waals surface area (Å²) in [6.45, 7) is 0.0795. The van der Waals surface area contributed by atoms with Gasteiger partial charge in [-0.3, -0.25) is 4.18 Å². The molecular weight excluding hydrogens is 252 g/mol. The van der Waals surface area contributed by atoms with Gasteiger partial charge in [-0.25, -0.2) is 4.79 Å². The molecule has 1 heterocycles. The lowest BCUT2D eigenvalue weighted by Crippen LogP contribution is -2.05. The summed E-state index contributed by atoms with van der Waals surface area (Å²) in [5.74, 6) is -0.389. The van der Waals surface area contributed by atoms with Gasteiger partial charge in [0.25, 0.3) is 10.1 Å². The lowest BCUT2D eigenvalue weighted by atomic mass is 10.2. The van der Waals surface area contributed by atoms with Crippen molar-refractivity contribution in [2.24, 2.45) is 0 Å². The van der Waals surface area contributed by atoms with Gasteiger partial charge in [0.1, 0.15) is 4.88 Å². The van der Waals surface area contributed by atoms with Crippen LogP contribution in [-0.2, 0) is 25.5 Å². The number of hydrogen-bond acceptors (Lipinski definition) is 6. The van der Waals surface area contributed by atoms with Crippen molar-refractivity contribution in [1.29, 1.82) is 0 Å². The van der Waals surface area contributed by atoms with E-state index in [-0.39, 0.29) is 12.6 Å². The minimum atomic E-state index is -3.40. The molecule has 1 rings (SSSR count). The third-order valence-electron chi connectivity index (χ3n) is 1.73. The van der Waals surface area contributed by atoms with Crippen LogP contribution < -0.4 is 0 Å². The Morgan fingerprint density at radius 1 is 1.50 bits per heavy atom. The smallest absolute Gasteiger partial charge is 0.348 e. The predicted molar refractivity (Wildman–Crippen MR) is 60.2 cm³/mol. The first kappa shape index (κ1) is 13.1. The first-order valence-electron chi connectivity index (χ1n) is 4.42. The largest absolute Gasteiger partial charge is 0.465 e. The van der Waals surface area contributed by atoms with Crippen molar-refractivity contribution in [2.75, 3.05) is 20.0 Å². The Morgan fingerprint density at radius 2 is 2.19 bits per heavy atom. The summed E-state index contributed by atoms with van der Waals surface area (Å²) in [5, 5.41) is 1.78. The fourth-order valence-corrected chi connectivity index (χ4v) is 2.27. The summed E-state index contributed by atoms with van der Waals surface area (Å²) in [4.78, 5) is 11.6. The van der Waals surface area contributed by atoms with Crippen LogP contribution in [0.5, 0.6) is 0 Å². The minimum Gasteiger partial charge on any atom is -0.465 e. The van der Waals surface area contributed by atoms with E-state index in [1.807, 2.05) is 0 Å². The fourth-order valence-electron chi connectivity index (χ4n) is 1.03. The predicted octanol–water partition coefficient (Wildman–Crippen LogP) is 1.05. The Morgan fingerprint density at radius 3 is 2.75 bits per heavy atom. The van der Waals surface area contributed by atoms with Gasteiger partial charge in [-0.1, -0.05) is 0 Å². The van der Waals surface area contributed by atoms with Gasteiger partial charge in [0, 0.05) is 0 Å². The van der Waals surface area contributed by atoms with Gasteiger partial charge in [0.2, 0.25) is 0 Å². The van der Waals surface area contributed by atoms with Crippen LogP contribution in [0.2, 0.25) is 0 Å². The summed E-state index contributed by atoms with van der Waals surface area (Å²) in [6.07, 6.45) is 1.45. The summed E-state index contributed by atoms with van der Waals surface area (Å²) in [6, 6.07) is 1.67. The van der Waals surface area contributed by atoms with Crippen molar-refractivity contribution >= 4 is 27.4 Å². The van der Waals surface area contributed by atoms with E-state index in [0.29, 0.717) is 11.3 Å². The van der Waals surface area contributed by atoms with E-state index in [9.17, 15) is 13.2 Å². The maximum atomic E-state index is 11.1. The molecule has 0 amide bonds. The van der Waals surface area contributed by atoms with Crippen LogP contribution in [0.25, 0.3) is 0 Å². The Hall–Kier alpha value is -0.920. The Balaban J connectivity index is 2.50. The number of hydrogen-bond donors (Lipinski definition) is 0. The molecule has 0 saturated carbocycles. The average molecular weight is 264 g/mol. The lowest BCUT2D eigenvalue weighted by molar-refractivity contribution is 0.0606. The molecule has 0 N–H and O–H groups in total. The topological polar surface area (TPSA) is 69.7 Å². The number of esters is 1. The van der Waals surface area contributed by atoms with Gasteiger partial charge in [-0.05, 0) is 23.4 Å². The first-order valence-corrected chi connectivity index (χ1v) is 7.12. The maximum absolute atomic E-state index is 11.1. The van der Waals surface area contributed by atoms with E-state index in [2.05, 4.69) is 8.92 Å². The van der Waals surface area contributed by atoms with Crippen molar-refractivity contribution in [3.63, 3.8) is 0 Å². The van der Waals surface area contributed by atoms with E-state index in [1.54, 1.807) is 11.4 Å². The molecule has 0 saturated heterocycles. The van der Waals surface area contributed by atoms with Gasteiger partial charge in [-0.15, -0.1) is 11.3 Å². The van der Waals surface area contributed by atoms with Crippen molar-refractivity contribution in [3.8, 4) is 0 Å². The molecule has 0 aliphatic rings. The van der Waals surface area contributed by atoms with E-state index in [1.165, 1.54) is 18.4 Å². The molecule has 5 nitrogen and oxygen atoms in total. The zero-order valence-electron chi connectivity index (χ0n) is 8.93. The van der Waals surface area contributed by atoms with Crippen LogP contribution in [0.15, 0.2) is 11.4 Å². The summed E-state index contributed by atoms with van der Waals surface area (Å²) < 4.78 is 30.5. The van der Waals surface area contributed by atoms with Gasteiger partial charge >= 0.3 is 5.97 Å². The van der Waals surface area contributed by atoms with E-state index in [0.717, 1.165) is 11.8 Å². The molecular formula is C9H12O5S2. The Bertz CT molecular complexity index is 460. The quantitative estimate of drug-likeness (QED) is 0.587. The van der Waals surface area contributed by atoms with Crippen LogP contribution in [-0.4, -0.2) is 34.4 Å². The van der Waals surface area contributed by atoms with Crippen molar-refractivity contribution in [1.82, 2.24) is 0 Å². The monoisotopic (exact) mass is 264 g/mol. The second-order valence-corrected chi connectivity index (χ2v) is 5.64. The van der Waals surface area contributed by atoms with E-state index in [4.69, 9.17) is 0 Å². The van der Waals surface area contributed by atoms with Crippen molar-refractivity contribution in [2.45, 2.75) is 6.42 Å². The van der Waals surface area contributed by atoms with Crippen LogP contribution in [0.4, 0.5) is 0 Å². The standard InChI is InChI=1S/C9H12O5S2/c1-13-9(10)8-5-7(6-15-8)3-4-14-16(2,11)12/h5-6H,3-4H2,1-2H3. The maximum Gasteiger partial charge on any atom is 0.348 e.